The number of benzene rings is 1. The molecular formula is C18H23N5O. The second-order valence-electron chi connectivity index (χ2n) is 6.60. The van der Waals surface area contributed by atoms with Gasteiger partial charge in [0, 0.05) is 34.6 Å². The maximum atomic E-state index is 9.38. The van der Waals surface area contributed by atoms with E-state index >= 15 is 0 Å². The Labute approximate surface area is 140 Å². The van der Waals surface area contributed by atoms with Crippen molar-refractivity contribution in [3.05, 3.63) is 36.3 Å². The summed E-state index contributed by atoms with van der Waals surface area (Å²) in [5.74, 6) is 2.09. The van der Waals surface area contributed by atoms with Crippen LogP contribution in [0, 0.1) is 0 Å². The van der Waals surface area contributed by atoms with Crippen LogP contribution in [0.4, 0.5) is 0 Å². The molecule has 1 aliphatic carbocycles. The van der Waals surface area contributed by atoms with Crippen LogP contribution in [0.25, 0.3) is 22.3 Å². The van der Waals surface area contributed by atoms with E-state index in [0.717, 1.165) is 53.8 Å². The van der Waals surface area contributed by atoms with Crippen LogP contribution >= 0.6 is 0 Å². The molecule has 1 aromatic carbocycles. The molecule has 1 aliphatic rings. The number of fused-ring (bicyclic) bond motifs is 1. The van der Waals surface area contributed by atoms with Crippen molar-refractivity contribution in [2.75, 3.05) is 6.61 Å². The lowest BCUT2D eigenvalue weighted by atomic mass is 9.86. The Hall–Kier alpha value is -2.18. The molecule has 0 atom stereocenters. The average Bonchev–Trinajstić information content (AvgIpc) is 3.20. The first-order chi connectivity index (χ1) is 11.8. The van der Waals surface area contributed by atoms with Crippen LogP contribution in [0.5, 0.6) is 0 Å². The number of aliphatic hydroxyl groups excluding tert-OH is 1. The van der Waals surface area contributed by atoms with Gasteiger partial charge in [-0.05, 0) is 31.7 Å². The molecule has 6 heteroatoms. The smallest absolute Gasteiger partial charge is 0.183 e. The molecule has 1 saturated carbocycles. The summed E-state index contributed by atoms with van der Waals surface area (Å²) >= 11 is 0. The zero-order valence-corrected chi connectivity index (χ0v) is 13.7. The number of nitrogens with zero attached hydrogens (tertiary/aromatic N) is 3. The number of aromatic amines is 1. The molecular weight excluding hydrogens is 302 g/mol. The lowest BCUT2D eigenvalue weighted by molar-refractivity contribution is 0.262. The summed E-state index contributed by atoms with van der Waals surface area (Å²) in [5.41, 5.74) is 8.12. The lowest BCUT2D eigenvalue weighted by Gasteiger charge is -2.25. The minimum Gasteiger partial charge on any atom is -0.394 e. The Balaban J connectivity index is 1.73. The molecule has 0 unspecified atom stereocenters. The predicted molar refractivity (Wildman–Crippen MR) is 93.6 cm³/mol. The van der Waals surface area contributed by atoms with Crippen molar-refractivity contribution < 1.29 is 5.11 Å². The molecule has 0 amide bonds. The lowest BCUT2D eigenvalue weighted by Crippen LogP contribution is -2.27. The fourth-order valence-electron chi connectivity index (χ4n) is 3.66. The normalized spacial score (nSPS) is 21.4. The number of hydrogen-bond donors (Lipinski definition) is 3. The Morgan fingerprint density at radius 3 is 2.79 bits per heavy atom. The van der Waals surface area contributed by atoms with E-state index < -0.39 is 0 Å². The van der Waals surface area contributed by atoms with Crippen molar-refractivity contribution in [1.29, 1.82) is 0 Å². The molecule has 0 bridgehead atoms. The van der Waals surface area contributed by atoms with Gasteiger partial charge in [-0.15, -0.1) is 0 Å². The molecule has 0 aliphatic heterocycles. The molecule has 4 N–H and O–H groups in total. The van der Waals surface area contributed by atoms with Crippen LogP contribution < -0.4 is 5.73 Å². The zero-order chi connectivity index (χ0) is 16.5. The van der Waals surface area contributed by atoms with Gasteiger partial charge >= 0.3 is 0 Å². The molecule has 6 nitrogen and oxygen atoms in total. The summed E-state index contributed by atoms with van der Waals surface area (Å²) < 4.78 is 1.87. The Morgan fingerprint density at radius 1 is 1.21 bits per heavy atom. The highest BCUT2D eigenvalue weighted by molar-refractivity contribution is 5.93. The zero-order valence-electron chi connectivity index (χ0n) is 13.7. The summed E-state index contributed by atoms with van der Waals surface area (Å²) in [5, 5.41) is 15.2. The second kappa shape index (κ2) is 6.37. The summed E-state index contributed by atoms with van der Waals surface area (Å²) in [6.07, 6.45) is 6.10. The number of aliphatic hydroxyl groups is 1. The topological polar surface area (TPSA) is 92.8 Å². The van der Waals surface area contributed by atoms with E-state index in [4.69, 9.17) is 10.7 Å². The molecule has 2 aromatic heterocycles. The fourth-order valence-corrected chi connectivity index (χ4v) is 3.66. The molecule has 3 aromatic rings. The number of nitrogens with two attached hydrogens (primary N) is 1. The van der Waals surface area contributed by atoms with Gasteiger partial charge in [-0.1, -0.05) is 18.2 Å². The number of nitrogens with one attached hydrogen (secondary N) is 1. The van der Waals surface area contributed by atoms with E-state index in [0.29, 0.717) is 18.5 Å². The first kappa shape index (κ1) is 15.4. The van der Waals surface area contributed by atoms with Gasteiger partial charge in [-0.3, -0.25) is 0 Å². The highest BCUT2D eigenvalue weighted by Crippen LogP contribution is 2.33. The van der Waals surface area contributed by atoms with Crippen molar-refractivity contribution in [1.82, 2.24) is 19.7 Å². The van der Waals surface area contributed by atoms with E-state index in [9.17, 15) is 5.11 Å². The van der Waals surface area contributed by atoms with Crippen molar-refractivity contribution in [2.45, 2.75) is 44.2 Å². The molecule has 126 valence electrons. The maximum Gasteiger partial charge on any atom is 0.183 e. The van der Waals surface area contributed by atoms with Gasteiger partial charge in [0.25, 0.3) is 0 Å². The number of hydrogen-bond acceptors (Lipinski definition) is 4. The molecule has 0 saturated heterocycles. The summed E-state index contributed by atoms with van der Waals surface area (Å²) in [4.78, 5) is 8.13. The highest BCUT2D eigenvalue weighted by Gasteiger charge is 2.26. The van der Waals surface area contributed by atoms with E-state index in [1.54, 1.807) is 0 Å². The SMILES string of the molecule is NC1CCC(c2nc(-c3c[nH]c4ccccc34)nn2CCO)CC1. The minimum atomic E-state index is 0.0654. The maximum absolute atomic E-state index is 9.38. The van der Waals surface area contributed by atoms with Crippen molar-refractivity contribution >= 4 is 10.9 Å². The largest absolute Gasteiger partial charge is 0.394 e. The van der Waals surface area contributed by atoms with Gasteiger partial charge in [0.1, 0.15) is 5.82 Å². The second-order valence-corrected chi connectivity index (χ2v) is 6.60. The van der Waals surface area contributed by atoms with Gasteiger partial charge < -0.3 is 15.8 Å². The predicted octanol–water partition coefficient (Wildman–Crippen LogP) is 2.40. The van der Waals surface area contributed by atoms with Gasteiger partial charge in [0.15, 0.2) is 5.82 Å². The fraction of sp³-hybridized carbons (Fsp3) is 0.444. The monoisotopic (exact) mass is 325 g/mol. The van der Waals surface area contributed by atoms with Gasteiger partial charge in [0.2, 0.25) is 0 Å². The average molecular weight is 325 g/mol. The molecule has 24 heavy (non-hydrogen) atoms. The van der Waals surface area contributed by atoms with Crippen LogP contribution in [0.2, 0.25) is 0 Å². The van der Waals surface area contributed by atoms with Crippen LogP contribution in [-0.2, 0) is 6.54 Å². The molecule has 4 rings (SSSR count). The number of rotatable bonds is 4. The van der Waals surface area contributed by atoms with Crippen LogP contribution in [0.1, 0.15) is 37.4 Å². The quantitative estimate of drug-likeness (QED) is 0.687. The van der Waals surface area contributed by atoms with Crippen molar-refractivity contribution in [2.24, 2.45) is 5.73 Å². The van der Waals surface area contributed by atoms with Gasteiger partial charge in [-0.2, -0.15) is 5.10 Å². The van der Waals surface area contributed by atoms with Crippen LogP contribution in [-0.4, -0.2) is 37.5 Å². The van der Waals surface area contributed by atoms with Crippen molar-refractivity contribution in [3.63, 3.8) is 0 Å². The van der Waals surface area contributed by atoms with E-state index in [2.05, 4.69) is 16.1 Å². The summed E-state index contributed by atoms with van der Waals surface area (Å²) in [6, 6.07) is 8.47. The van der Waals surface area contributed by atoms with E-state index in [1.807, 2.05) is 29.1 Å². The number of para-hydroxylation sites is 1. The molecule has 0 radical (unpaired) electrons. The molecule has 2 heterocycles. The van der Waals surface area contributed by atoms with Crippen molar-refractivity contribution in [3.8, 4) is 11.4 Å². The standard InChI is InChI=1S/C18H23N5O/c19-13-7-5-12(6-8-13)18-21-17(22-23(18)9-10-24)15-11-20-16-4-2-1-3-14(15)16/h1-4,11-13,20,24H,5-10,19H2. The summed E-state index contributed by atoms with van der Waals surface area (Å²) in [6.45, 7) is 0.545. The third kappa shape index (κ3) is 2.72. The van der Waals surface area contributed by atoms with E-state index in [-0.39, 0.29) is 6.61 Å². The van der Waals surface area contributed by atoms with Gasteiger partial charge in [0.05, 0.1) is 13.2 Å². The third-order valence-corrected chi connectivity index (χ3v) is 4.98. The molecule has 1 fully saturated rings. The minimum absolute atomic E-state index is 0.0654. The third-order valence-electron chi connectivity index (χ3n) is 4.98. The number of H-pyrrole nitrogens is 1. The highest BCUT2D eigenvalue weighted by atomic mass is 16.3. The first-order valence-corrected chi connectivity index (χ1v) is 8.64. The Morgan fingerprint density at radius 2 is 2.00 bits per heavy atom. The molecule has 0 spiro atoms. The van der Waals surface area contributed by atoms with Crippen LogP contribution in [0.3, 0.4) is 0 Å². The first-order valence-electron chi connectivity index (χ1n) is 8.64. The Kier molecular flexibility index (Phi) is 4.08. The van der Waals surface area contributed by atoms with Crippen LogP contribution in [0.15, 0.2) is 30.5 Å². The Bertz CT molecular complexity index is 829. The summed E-state index contributed by atoms with van der Waals surface area (Å²) in [7, 11) is 0. The van der Waals surface area contributed by atoms with Gasteiger partial charge in [-0.25, -0.2) is 9.67 Å². The van der Waals surface area contributed by atoms with E-state index in [1.165, 1.54) is 0 Å². The number of aromatic nitrogens is 4.